The molecule has 1 N–H and O–H groups in total. The van der Waals surface area contributed by atoms with Gasteiger partial charge in [-0.15, -0.1) is 0 Å². The molecule has 1 heterocycles. The lowest BCUT2D eigenvalue weighted by Gasteiger charge is -2.11. The van der Waals surface area contributed by atoms with E-state index in [2.05, 4.69) is 9.71 Å². The molecule has 130 valence electrons. The average Bonchev–Trinajstić information content (AvgIpc) is 3.08. The van der Waals surface area contributed by atoms with Crippen LogP contribution in [-0.4, -0.2) is 18.0 Å². The molecular weight excluding hydrogens is 334 g/mol. The lowest BCUT2D eigenvalue weighted by molar-refractivity contribution is 0.580. The molecule has 25 heavy (non-hydrogen) atoms. The van der Waals surface area contributed by atoms with Crippen LogP contribution < -0.4 is 4.72 Å². The third kappa shape index (κ3) is 4.35. The summed E-state index contributed by atoms with van der Waals surface area (Å²) in [7, 11) is -3.54. The molecule has 0 atom stereocenters. The summed E-state index contributed by atoms with van der Waals surface area (Å²) in [5.41, 5.74) is 3.69. The molecule has 6 heteroatoms. The Morgan fingerprint density at radius 1 is 1.08 bits per heavy atom. The Kier molecular flexibility index (Phi) is 5.01. The van der Waals surface area contributed by atoms with Gasteiger partial charge in [0.05, 0.1) is 11.2 Å². The van der Waals surface area contributed by atoms with Crippen molar-refractivity contribution in [3.63, 3.8) is 0 Å². The van der Waals surface area contributed by atoms with E-state index in [1.807, 2.05) is 54.1 Å². The van der Waals surface area contributed by atoms with Gasteiger partial charge in [-0.1, -0.05) is 36.4 Å². The molecule has 0 aliphatic rings. The van der Waals surface area contributed by atoms with Gasteiger partial charge in [0, 0.05) is 25.5 Å². The Hall–Kier alpha value is -2.44. The number of hydrogen-bond acceptors (Lipinski definition) is 3. The quantitative estimate of drug-likeness (QED) is 0.739. The van der Waals surface area contributed by atoms with E-state index in [9.17, 15) is 8.42 Å². The summed E-state index contributed by atoms with van der Waals surface area (Å²) >= 11 is 0. The van der Waals surface area contributed by atoms with Gasteiger partial charge < -0.3 is 4.57 Å². The van der Waals surface area contributed by atoms with E-state index in [4.69, 9.17) is 0 Å². The lowest BCUT2D eigenvalue weighted by atomic mass is 10.1. The van der Waals surface area contributed by atoms with Gasteiger partial charge in [-0.3, -0.25) is 0 Å². The smallest absolute Gasteiger partial charge is 0.241 e. The fraction of sp³-hybridized carbons (Fsp3) is 0.211. The van der Waals surface area contributed by atoms with Gasteiger partial charge in [0.15, 0.2) is 0 Å². The van der Waals surface area contributed by atoms with Crippen LogP contribution in [0.5, 0.6) is 0 Å². The number of imidazole rings is 1. The zero-order valence-corrected chi connectivity index (χ0v) is 15.1. The van der Waals surface area contributed by atoms with Crippen molar-refractivity contribution in [3.8, 4) is 0 Å². The number of hydrogen-bond donors (Lipinski definition) is 1. The molecule has 2 aromatic carbocycles. The number of nitrogens with zero attached hydrogens (tertiary/aromatic N) is 2. The highest BCUT2D eigenvalue weighted by Crippen LogP contribution is 2.17. The van der Waals surface area contributed by atoms with Gasteiger partial charge in [-0.05, 0) is 42.2 Å². The van der Waals surface area contributed by atoms with E-state index >= 15 is 0 Å². The first-order valence-corrected chi connectivity index (χ1v) is 9.53. The zero-order chi connectivity index (χ0) is 17.9. The standard InChI is InChI=1S/C19H21N3O2S/c1-15-6-7-16(2)19(10-15)25(23,24)21-12-17-4-3-5-18(11-17)13-22-9-8-20-14-22/h3-11,14,21H,12-13H2,1-2H3. The molecule has 1 aromatic heterocycles. The van der Waals surface area contributed by atoms with Crippen LogP contribution in [0, 0.1) is 13.8 Å². The monoisotopic (exact) mass is 355 g/mol. The molecule has 0 radical (unpaired) electrons. The van der Waals surface area contributed by atoms with Crippen molar-refractivity contribution in [2.45, 2.75) is 31.8 Å². The summed E-state index contributed by atoms with van der Waals surface area (Å²) in [6.45, 7) is 4.66. The summed E-state index contributed by atoms with van der Waals surface area (Å²) in [5.74, 6) is 0. The van der Waals surface area contributed by atoms with Crippen LogP contribution in [0.25, 0.3) is 0 Å². The van der Waals surface area contributed by atoms with Crippen LogP contribution in [0.15, 0.2) is 66.1 Å². The predicted octanol–water partition coefficient (Wildman–Crippen LogP) is 3.03. The summed E-state index contributed by atoms with van der Waals surface area (Å²) in [4.78, 5) is 4.36. The van der Waals surface area contributed by atoms with E-state index in [0.717, 1.165) is 22.3 Å². The van der Waals surface area contributed by atoms with Crippen LogP contribution in [0.2, 0.25) is 0 Å². The van der Waals surface area contributed by atoms with Crippen LogP contribution in [0.4, 0.5) is 0 Å². The molecular formula is C19H21N3O2S. The number of rotatable bonds is 6. The molecule has 0 aliphatic heterocycles. The third-order valence-corrected chi connectivity index (χ3v) is 5.56. The minimum absolute atomic E-state index is 0.257. The zero-order valence-electron chi connectivity index (χ0n) is 14.3. The minimum Gasteiger partial charge on any atom is -0.333 e. The van der Waals surface area contributed by atoms with Gasteiger partial charge in [-0.2, -0.15) is 0 Å². The fourth-order valence-corrected chi connectivity index (χ4v) is 4.03. The maximum absolute atomic E-state index is 12.6. The van der Waals surface area contributed by atoms with E-state index in [-0.39, 0.29) is 6.54 Å². The molecule has 0 spiro atoms. The van der Waals surface area contributed by atoms with Gasteiger partial charge in [0.25, 0.3) is 0 Å². The second-order valence-corrected chi connectivity index (χ2v) is 7.88. The SMILES string of the molecule is Cc1ccc(C)c(S(=O)(=O)NCc2cccc(Cn3ccnc3)c2)c1. The molecule has 0 unspecified atom stereocenters. The highest BCUT2D eigenvalue weighted by atomic mass is 32.2. The number of benzene rings is 2. The fourth-order valence-electron chi connectivity index (χ4n) is 2.68. The van der Waals surface area contributed by atoms with Gasteiger partial charge in [0.2, 0.25) is 10.0 Å². The summed E-state index contributed by atoms with van der Waals surface area (Å²) in [5, 5.41) is 0. The first-order valence-electron chi connectivity index (χ1n) is 8.04. The van der Waals surface area contributed by atoms with Gasteiger partial charge in [0.1, 0.15) is 0 Å². The molecule has 3 aromatic rings. The normalized spacial score (nSPS) is 11.6. The average molecular weight is 355 g/mol. The second kappa shape index (κ2) is 7.21. The van der Waals surface area contributed by atoms with Crippen molar-refractivity contribution in [2.75, 3.05) is 0 Å². The van der Waals surface area contributed by atoms with Crippen molar-refractivity contribution < 1.29 is 8.42 Å². The van der Waals surface area contributed by atoms with Gasteiger partial charge in [-0.25, -0.2) is 18.1 Å². The van der Waals surface area contributed by atoms with Crippen LogP contribution >= 0.6 is 0 Å². The number of sulfonamides is 1. The number of aryl methyl sites for hydroxylation is 2. The summed E-state index contributed by atoms with van der Waals surface area (Å²) in [6.07, 6.45) is 5.40. The maximum Gasteiger partial charge on any atom is 0.241 e. The van der Waals surface area contributed by atoms with E-state index in [0.29, 0.717) is 11.4 Å². The van der Waals surface area contributed by atoms with Crippen molar-refractivity contribution in [3.05, 3.63) is 83.4 Å². The van der Waals surface area contributed by atoms with Gasteiger partial charge >= 0.3 is 0 Å². The highest BCUT2D eigenvalue weighted by Gasteiger charge is 2.16. The number of nitrogens with one attached hydrogen (secondary N) is 1. The molecule has 0 bridgehead atoms. The molecule has 0 fully saturated rings. The van der Waals surface area contributed by atoms with Crippen molar-refractivity contribution in [1.82, 2.24) is 14.3 Å². The Morgan fingerprint density at radius 2 is 1.88 bits per heavy atom. The van der Waals surface area contributed by atoms with E-state index in [1.54, 1.807) is 25.5 Å². The second-order valence-electron chi connectivity index (χ2n) is 6.15. The first-order chi connectivity index (χ1) is 11.9. The summed E-state index contributed by atoms with van der Waals surface area (Å²) < 4.78 is 29.9. The topological polar surface area (TPSA) is 64.0 Å². The molecule has 5 nitrogen and oxygen atoms in total. The van der Waals surface area contributed by atoms with Crippen molar-refractivity contribution in [2.24, 2.45) is 0 Å². The van der Waals surface area contributed by atoms with Crippen LogP contribution in [0.1, 0.15) is 22.3 Å². The largest absolute Gasteiger partial charge is 0.333 e. The Labute approximate surface area is 148 Å². The minimum atomic E-state index is -3.54. The predicted molar refractivity (Wildman–Crippen MR) is 97.7 cm³/mol. The number of aromatic nitrogens is 2. The van der Waals surface area contributed by atoms with E-state index < -0.39 is 10.0 Å². The highest BCUT2D eigenvalue weighted by molar-refractivity contribution is 7.89. The third-order valence-electron chi connectivity index (χ3n) is 4.02. The van der Waals surface area contributed by atoms with E-state index in [1.165, 1.54) is 0 Å². The molecule has 0 aliphatic carbocycles. The van der Waals surface area contributed by atoms with Crippen molar-refractivity contribution >= 4 is 10.0 Å². The maximum atomic E-state index is 12.6. The Bertz CT molecular complexity index is 964. The lowest BCUT2D eigenvalue weighted by Crippen LogP contribution is -2.24. The molecule has 0 amide bonds. The Morgan fingerprint density at radius 3 is 2.64 bits per heavy atom. The molecule has 0 saturated carbocycles. The molecule has 3 rings (SSSR count). The van der Waals surface area contributed by atoms with Crippen LogP contribution in [0.3, 0.4) is 0 Å². The molecule has 0 saturated heterocycles. The Balaban J connectivity index is 1.73. The van der Waals surface area contributed by atoms with Crippen LogP contribution in [-0.2, 0) is 23.1 Å². The summed E-state index contributed by atoms with van der Waals surface area (Å²) in [6, 6.07) is 13.3. The van der Waals surface area contributed by atoms with Crippen molar-refractivity contribution in [1.29, 1.82) is 0 Å². The first kappa shape index (κ1) is 17.4.